The third-order valence-corrected chi connectivity index (χ3v) is 3.27. The minimum Gasteiger partial charge on any atom is -0.445 e. The number of fused-ring (bicyclic) bond motifs is 1. The van der Waals surface area contributed by atoms with Crippen molar-refractivity contribution in [3.8, 4) is 6.08 Å². The van der Waals surface area contributed by atoms with E-state index in [0.29, 0.717) is 11.1 Å². The number of aromatic nitrogens is 1. The molecule has 2 aromatic rings. The average molecular weight is 250 g/mol. The first-order chi connectivity index (χ1) is 8.74. The molecule has 1 aliphatic rings. The van der Waals surface area contributed by atoms with Gasteiger partial charge in [0.15, 0.2) is 5.58 Å². The molecule has 3 rings (SSSR count). The first-order valence-corrected chi connectivity index (χ1v) is 6.19. The second kappa shape index (κ2) is 4.57. The highest BCUT2D eigenvalue weighted by atomic mass is 19.1. The van der Waals surface area contributed by atoms with Crippen LogP contribution in [0, 0.1) is 5.82 Å². The molecule has 1 unspecified atom stereocenters. The molecule has 18 heavy (non-hydrogen) atoms. The molecule has 2 heterocycles. The van der Waals surface area contributed by atoms with Crippen molar-refractivity contribution in [3.63, 3.8) is 0 Å². The van der Waals surface area contributed by atoms with Crippen molar-refractivity contribution < 1.29 is 13.5 Å². The van der Waals surface area contributed by atoms with Gasteiger partial charge in [0.1, 0.15) is 17.4 Å². The summed E-state index contributed by atoms with van der Waals surface area (Å²) in [6.07, 6.45) is 1.32. The highest BCUT2D eigenvalue weighted by Crippen LogP contribution is 2.23. The maximum atomic E-state index is 13.0. The van der Waals surface area contributed by atoms with Gasteiger partial charge in [0.05, 0.1) is 0 Å². The Hall–Kier alpha value is -1.62. The number of nitrogens with zero attached hydrogens (tertiary/aromatic N) is 2. The van der Waals surface area contributed by atoms with Crippen LogP contribution in [0.3, 0.4) is 0 Å². The number of hydrogen-bond donors (Lipinski definition) is 0. The van der Waals surface area contributed by atoms with Crippen LogP contribution in [0.25, 0.3) is 11.1 Å². The Kier molecular flexibility index (Phi) is 2.91. The molecule has 0 N–H and O–H groups in total. The van der Waals surface area contributed by atoms with Gasteiger partial charge in [-0.2, -0.15) is 4.98 Å². The molecule has 0 bridgehead atoms. The first-order valence-electron chi connectivity index (χ1n) is 6.19. The summed E-state index contributed by atoms with van der Waals surface area (Å²) in [5.74, 6) is -0.319. The normalized spacial score (nSPS) is 20.7. The highest BCUT2D eigenvalue weighted by molar-refractivity contribution is 5.72. The third-order valence-electron chi connectivity index (χ3n) is 3.27. The van der Waals surface area contributed by atoms with Crippen molar-refractivity contribution in [1.82, 2.24) is 9.88 Å². The standard InChI is InChI=1S/C13H15FN2O2/c1-2-16-6-5-10(8-16)17-13-15-11-7-9(14)3-4-12(11)18-13/h3-4,7,10H,2,5-6,8H2,1H3. The fraction of sp³-hybridized carbons (Fsp3) is 0.462. The summed E-state index contributed by atoms with van der Waals surface area (Å²) in [5.41, 5.74) is 1.05. The molecule has 0 amide bonds. The van der Waals surface area contributed by atoms with Crippen LogP contribution in [0.2, 0.25) is 0 Å². The zero-order chi connectivity index (χ0) is 12.5. The van der Waals surface area contributed by atoms with Gasteiger partial charge in [0.2, 0.25) is 0 Å². The predicted octanol–water partition coefficient (Wildman–Crippen LogP) is 2.44. The number of hydrogen-bond acceptors (Lipinski definition) is 4. The van der Waals surface area contributed by atoms with Gasteiger partial charge in [-0.15, -0.1) is 0 Å². The second-order valence-corrected chi connectivity index (χ2v) is 4.51. The monoisotopic (exact) mass is 250 g/mol. The van der Waals surface area contributed by atoms with Gasteiger partial charge < -0.3 is 9.15 Å². The maximum Gasteiger partial charge on any atom is 0.394 e. The zero-order valence-corrected chi connectivity index (χ0v) is 10.2. The zero-order valence-electron chi connectivity index (χ0n) is 10.2. The van der Waals surface area contributed by atoms with E-state index < -0.39 is 0 Å². The van der Waals surface area contributed by atoms with Crippen LogP contribution in [0.5, 0.6) is 6.08 Å². The Morgan fingerprint density at radius 2 is 2.44 bits per heavy atom. The van der Waals surface area contributed by atoms with E-state index in [2.05, 4.69) is 16.8 Å². The van der Waals surface area contributed by atoms with Crippen molar-refractivity contribution in [2.75, 3.05) is 19.6 Å². The number of likely N-dealkylation sites (N-methyl/N-ethyl adjacent to an activating group) is 1. The van der Waals surface area contributed by atoms with Crippen molar-refractivity contribution >= 4 is 11.1 Å². The van der Waals surface area contributed by atoms with Crippen LogP contribution >= 0.6 is 0 Å². The Morgan fingerprint density at radius 3 is 3.22 bits per heavy atom. The van der Waals surface area contributed by atoms with E-state index in [1.165, 1.54) is 12.1 Å². The Balaban J connectivity index is 1.75. The van der Waals surface area contributed by atoms with Gasteiger partial charge in [0, 0.05) is 19.2 Å². The summed E-state index contributed by atoms with van der Waals surface area (Å²) in [4.78, 5) is 6.45. The summed E-state index contributed by atoms with van der Waals surface area (Å²) >= 11 is 0. The summed E-state index contributed by atoms with van der Waals surface area (Å²) < 4.78 is 24.1. The highest BCUT2D eigenvalue weighted by Gasteiger charge is 2.24. The molecule has 0 radical (unpaired) electrons. The topological polar surface area (TPSA) is 38.5 Å². The van der Waals surface area contributed by atoms with Crippen LogP contribution < -0.4 is 4.74 Å². The number of halogens is 1. The molecule has 5 heteroatoms. The van der Waals surface area contributed by atoms with Crippen LogP contribution in [0.1, 0.15) is 13.3 Å². The van der Waals surface area contributed by atoms with Crippen molar-refractivity contribution in [3.05, 3.63) is 24.0 Å². The smallest absolute Gasteiger partial charge is 0.394 e. The minimum absolute atomic E-state index is 0.114. The summed E-state index contributed by atoms with van der Waals surface area (Å²) in [5, 5.41) is 0. The SMILES string of the molecule is CCN1CCC(Oc2nc3cc(F)ccc3o2)C1. The number of likely N-dealkylation sites (tertiary alicyclic amines) is 1. The Morgan fingerprint density at radius 1 is 1.56 bits per heavy atom. The third kappa shape index (κ3) is 2.18. The molecule has 1 aliphatic heterocycles. The summed E-state index contributed by atoms with van der Waals surface area (Å²) in [7, 11) is 0. The minimum atomic E-state index is -0.319. The molecule has 0 aliphatic carbocycles. The van der Waals surface area contributed by atoms with Crippen molar-refractivity contribution in [1.29, 1.82) is 0 Å². The lowest BCUT2D eigenvalue weighted by Crippen LogP contribution is -2.24. The van der Waals surface area contributed by atoms with E-state index >= 15 is 0 Å². The molecule has 1 saturated heterocycles. The van der Waals surface area contributed by atoms with Gasteiger partial charge in [-0.05, 0) is 25.1 Å². The van der Waals surface area contributed by atoms with E-state index in [1.807, 2.05) is 0 Å². The summed E-state index contributed by atoms with van der Waals surface area (Å²) in [6.45, 7) is 5.09. The van der Waals surface area contributed by atoms with Gasteiger partial charge in [0.25, 0.3) is 0 Å². The Bertz CT molecular complexity index is 555. The molecular weight excluding hydrogens is 235 g/mol. The van der Waals surface area contributed by atoms with Crippen LogP contribution in [0.15, 0.2) is 22.6 Å². The van der Waals surface area contributed by atoms with Gasteiger partial charge in [-0.3, -0.25) is 4.90 Å². The van der Waals surface area contributed by atoms with Crippen LogP contribution in [-0.2, 0) is 0 Å². The van der Waals surface area contributed by atoms with Crippen molar-refractivity contribution in [2.45, 2.75) is 19.4 Å². The fourth-order valence-electron chi connectivity index (χ4n) is 2.25. The predicted molar refractivity (Wildman–Crippen MR) is 65.1 cm³/mol. The van der Waals surface area contributed by atoms with E-state index in [4.69, 9.17) is 9.15 Å². The fourth-order valence-corrected chi connectivity index (χ4v) is 2.25. The number of ether oxygens (including phenoxy) is 1. The van der Waals surface area contributed by atoms with E-state index in [1.54, 1.807) is 6.07 Å². The van der Waals surface area contributed by atoms with Crippen molar-refractivity contribution in [2.24, 2.45) is 0 Å². The lowest BCUT2D eigenvalue weighted by Gasteiger charge is -2.12. The number of oxazole rings is 1. The van der Waals surface area contributed by atoms with E-state index in [0.717, 1.165) is 26.1 Å². The quantitative estimate of drug-likeness (QED) is 0.838. The van der Waals surface area contributed by atoms with Gasteiger partial charge >= 0.3 is 6.08 Å². The Labute approximate surface area is 104 Å². The molecule has 0 saturated carbocycles. The van der Waals surface area contributed by atoms with Gasteiger partial charge in [-0.25, -0.2) is 4.39 Å². The van der Waals surface area contributed by atoms with Gasteiger partial charge in [-0.1, -0.05) is 6.92 Å². The average Bonchev–Trinajstić information content (AvgIpc) is 2.95. The lowest BCUT2D eigenvalue weighted by molar-refractivity contribution is 0.154. The largest absolute Gasteiger partial charge is 0.445 e. The molecule has 96 valence electrons. The number of rotatable bonds is 3. The number of benzene rings is 1. The molecule has 4 nitrogen and oxygen atoms in total. The molecule has 1 fully saturated rings. The molecule has 1 atom stereocenters. The molecular formula is C13H15FN2O2. The summed E-state index contributed by atoms with van der Waals surface area (Å²) in [6, 6.07) is 4.27. The molecule has 1 aromatic carbocycles. The van der Waals surface area contributed by atoms with E-state index in [9.17, 15) is 4.39 Å². The maximum absolute atomic E-state index is 13.0. The van der Waals surface area contributed by atoms with Crippen LogP contribution in [-0.4, -0.2) is 35.6 Å². The van der Waals surface area contributed by atoms with Crippen LogP contribution in [0.4, 0.5) is 4.39 Å². The second-order valence-electron chi connectivity index (χ2n) is 4.51. The molecule has 0 spiro atoms. The lowest BCUT2D eigenvalue weighted by atomic mass is 10.3. The van der Waals surface area contributed by atoms with E-state index in [-0.39, 0.29) is 18.0 Å². The first kappa shape index (κ1) is 11.5. The molecule has 1 aromatic heterocycles.